The van der Waals surface area contributed by atoms with Gasteiger partial charge in [0, 0.05) is 22.2 Å². The Bertz CT molecular complexity index is 1270. The van der Waals surface area contributed by atoms with Crippen molar-refractivity contribution in [1.82, 2.24) is 0 Å². The van der Waals surface area contributed by atoms with Crippen molar-refractivity contribution in [2.24, 2.45) is 0 Å². The van der Waals surface area contributed by atoms with Crippen molar-refractivity contribution < 1.29 is 27.1 Å². The number of rotatable bonds is 6. The number of Topliss-reactive ketones (excluding diaryl/α,β-unsaturated/α-hetero) is 1. The molecule has 4 rings (SSSR count). The molecule has 0 bridgehead atoms. The summed E-state index contributed by atoms with van der Waals surface area (Å²) in [4.78, 5) is 25.0. The number of benzene rings is 2. The smallest absolute Gasteiger partial charge is 0.348 e. The van der Waals surface area contributed by atoms with Crippen molar-refractivity contribution in [3.05, 3.63) is 64.3 Å². The first-order valence-electron chi connectivity index (χ1n) is 9.32. The molecule has 9 heteroatoms. The van der Waals surface area contributed by atoms with Gasteiger partial charge in [-0.2, -0.15) is 0 Å². The molecule has 0 N–H and O–H groups in total. The van der Waals surface area contributed by atoms with Crippen LogP contribution in [0.25, 0.3) is 10.1 Å². The monoisotopic (exact) mass is 447 g/mol. The first-order valence-corrected chi connectivity index (χ1v) is 11.7. The van der Waals surface area contributed by atoms with Crippen LogP contribution in [0.2, 0.25) is 0 Å². The lowest BCUT2D eigenvalue weighted by atomic mass is 10.1. The average Bonchev–Trinajstić information content (AvgIpc) is 3.36. The van der Waals surface area contributed by atoms with E-state index in [1.165, 1.54) is 22.5 Å². The molecule has 3 aromatic rings. The van der Waals surface area contributed by atoms with Crippen molar-refractivity contribution in [2.75, 3.05) is 23.2 Å². The van der Waals surface area contributed by atoms with E-state index < -0.39 is 34.2 Å². The number of nitrogens with zero attached hydrogens (tertiary/aromatic N) is 1. The Hall–Kier alpha value is -2.78. The molecule has 0 saturated heterocycles. The van der Waals surface area contributed by atoms with E-state index in [1.54, 1.807) is 31.2 Å². The number of hydrogen-bond donors (Lipinski definition) is 0. The van der Waals surface area contributed by atoms with Gasteiger partial charge in [0.25, 0.3) is 0 Å². The lowest BCUT2D eigenvalue weighted by Gasteiger charge is -2.18. The lowest BCUT2D eigenvalue weighted by molar-refractivity contribution is 0.0479. The molecule has 1 aromatic heterocycles. The number of carbonyl (C=O) groups excluding carboxylic acids is 2. The standard InChI is InChI=1S/C21H18FNO5S2/c1-2-30(26,27)23-9-8-13-10-14(6-7-17(13)23)18(24)12-28-21(25)20-11-15-16(22)4-3-5-19(15)29-20/h3-7,10-11H,2,8-9,12H2,1H3. The molecular formula is C21H18FNO5S2. The quantitative estimate of drug-likeness (QED) is 0.424. The van der Waals surface area contributed by atoms with Crippen LogP contribution in [0.4, 0.5) is 10.1 Å². The summed E-state index contributed by atoms with van der Waals surface area (Å²) in [7, 11) is -3.36. The van der Waals surface area contributed by atoms with Crippen LogP contribution in [0.3, 0.4) is 0 Å². The fraction of sp³-hybridized carbons (Fsp3) is 0.238. The van der Waals surface area contributed by atoms with Crippen molar-refractivity contribution in [1.29, 1.82) is 0 Å². The van der Waals surface area contributed by atoms with E-state index in [9.17, 15) is 22.4 Å². The topological polar surface area (TPSA) is 80.8 Å². The van der Waals surface area contributed by atoms with Gasteiger partial charge in [-0.1, -0.05) is 6.07 Å². The summed E-state index contributed by atoms with van der Waals surface area (Å²) in [5, 5.41) is 0.339. The number of fused-ring (bicyclic) bond motifs is 2. The van der Waals surface area contributed by atoms with E-state index in [4.69, 9.17) is 4.74 Å². The molecule has 0 spiro atoms. The van der Waals surface area contributed by atoms with Crippen LogP contribution in [-0.4, -0.2) is 39.1 Å². The molecule has 1 aliphatic rings. The first-order chi connectivity index (χ1) is 14.3. The fourth-order valence-corrected chi connectivity index (χ4v) is 5.53. The summed E-state index contributed by atoms with van der Waals surface area (Å²) < 4.78 is 45.2. The van der Waals surface area contributed by atoms with E-state index in [0.29, 0.717) is 34.3 Å². The van der Waals surface area contributed by atoms with Gasteiger partial charge in [-0.25, -0.2) is 17.6 Å². The normalized spacial score (nSPS) is 13.5. The number of esters is 1. The van der Waals surface area contributed by atoms with E-state index in [0.717, 1.165) is 16.9 Å². The summed E-state index contributed by atoms with van der Waals surface area (Å²) in [5.41, 5.74) is 1.70. The van der Waals surface area contributed by atoms with Crippen molar-refractivity contribution in [2.45, 2.75) is 13.3 Å². The third-order valence-electron chi connectivity index (χ3n) is 5.00. The summed E-state index contributed by atoms with van der Waals surface area (Å²) in [6.45, 7) is 1.48. The van der Waals surface area contributed by atoms with Crippen molar-refractivity contribution >= 4 is 48.9 Å². The molecule has 156 valence electrons. The summed E-state index contributed by atoms with van der Waals surface area (Å²) in [6, 6.07) is 10.8. The lowest BCUT2D eigenvalue weighted by Crippen LogP contribution is -2.30. The Balaban J connectivity index is 1.45. The highest BCUT2D eigenvalue weighted by Gasteiger charge is 2.28. The molecule has 0 radical (unpaired) electrons. The number of ketones is 1. The maximum atomic E-state index is 13.8. The molecule has 30 heavy (non-hydrogen) atoms. The van der Waals surface area contributed by atoms with Crippen LogP contribution < -0.4 is 4.31 Å². The molecule has 2 heterocycles. The number of carbonyl (C=O) groups is 2. The van der Waals surface area contributed by atoms with Gasteiger partial charge >= 0.3 is 5.97 Å². The Morgan fingerprint density at radius 1 is 1.20 bits per heavy atom. The molecule has 0 saturated carbocycles. The minimum atomic E-state index is -3.36. The number of sulfonamides is 1. The highest BCUT2D eigenvalue weighted by atomic mass is 32.2. The van der Waals surface area contributed by atoms with Crippen molar-refractivity contribution in [3.63, 3.8) is 0 Å². The van der Waals surface area contributed by atoms with Gasteiger partial charge in [0.1, 0.15) is 10.7 Å². The number of anilines is 1. The molecule has 2 aromatic carbocycles. The van der Waals surface area contributed by atoms with Crippen LogP contribution in [0.15, 0.2) is 42.5 Å². The molecule has 0 unspecified atom stereocenters. The van der Waals surface area contributed by atoms with Gasteiger partial charge in [0.15, 0.2) is 12.4 Å². The fourth-order valence-electron chi connectivity index (χ4n) is 3.40. The van der Waals surface area contributed by atoms with Gasteiger partial charge < -0.3 is 4.74 Å². The number of thiophene rings is 1. The highest BCUT2D eigenvalue weighted by molar-refractivity contribution is 7.92. The minimum Gasteiger partial charge on any atom is -0.453 e. The minimum absolute atomic E-state index is 0.00467. The van der Waals surface area contributed by atoms with Crippen LogP contribution >= 0.6 is 11.3 Å². The zero-order valence-electron chi connectivity index (χ0n) is 16.1. The average molecular weight is 448 g/mol. The first kappa shape index (κ1) is 20.5. The van der Waals surface area contributed by atoms with E-state index in [1.807, 2.05) is 0 Å². The summed E-state index contributed by atoms with van der Waals surface area (Å²) >= 11 is 1.10. The van der Waals surface area contributed by atoms with Crippen LogP contribution in [-0.2, 0) is 21.2 Å². The third kappa shape index (κ3) is 3.70. The number of hydrogen-bond acceptors (Lipinski definition) is 6. The second-order valence-electron chi connectivity index (χ2n) is 6.83. The Labute approximate surface area is 176 Å². The summed E-state index contributed by atoms with van der Waals surface area (Å²) in [5.74, 6) is -1.50. The van der Waals surface area contributed by atoms with E-state index in [2.05, 4.69) is 0 Å². The van der Waals surface area contributed by atoms with Crippen LogP contribution in [0.5, 0.6) is 0 Å². The highest BCUT2D eigenvalue weighted by Crippen LogP contribution is 2.32. The molecule has 6 nitrogen and oxygen atoms in total. The van der Waals surface area contributed by atoms with E-state index in [-0.39, 0.29) is 10.6 Å². The van der Waals surface area contributed by atoms with Crippen molar-refractivity contribution in [3.8, 4) is 0 Å². The largest absolute Gasteiger partial charge is 0.453 e. The Kier molecular flexibility index (Phi) is 5.33. The molecule has 0 aliphatic carbocycles. The zero-order valence-corrected chi connectivity index (χ0v) is 17.7. The molecule has 0 fully saturated rings. The maximum absolute atomic E-state index is 13.8. The second kappa shape index (κ2) is 7.81. The second-order valence-corrected chi connectivity index (χ2v) is 10.1. The van der Waals surface area contributed by atoms with E-state index >= 15 is 0 Å². The Morgan fingerprint density at radius 3 is 2.73 bits per heavy atom. The molecular weight excluding hydrogens is 429 g/mol. The predicted octanol–water partition coefficient (Wildman–Crippen LogP) is 3.79. The van der Waals surface area contributed by atoms with Crippen LogP contribution in [0.1, 0.15) is 32.5 Å². The van der Waals surface area contributed by atoms with Gasteiger partial charge in [0.05, 0.1) is 11.4 Å². The zero-order chi connectivity index (χ0) is 21.5. The van der Waals surface area contributed by atoms with Gasteiger partial charge in [-0.3, -0.25) is 9.10 Å². The van der Waals surface area contributed by atoms with Gasteiger partial charge in [-0.05, 0) is 55.3 Å². The third-order valence-corrected chi connectivity index (χ3v) is 7.86. The predicted molar refractivity (Wildman–Crippen MR) is 113 cm³/mol. The Morgan fingerprint density at radius 2 is 2.00 bits per heavy atom. The molecule has 0 amide bonds. The number of halogens is 1. The molecule has 0 atom stereocenters. The summed E-state index contributed by atoms with van der Waals surface area (Å²) in [6.07, 6.45) is 0.517. The van der Waals surface area contributed by atoms with Gasteiger partial charge in [0.2, 0.25) is 10.0 Å². The van der Waals surface area contributed by atoms with Gasteiger partial charge in [-0.15, -0.1) is 11.3 Å². The maximum Gasteiger partial charge on any atom is 0.348 e. The number of ether oxygens (including phenoxy) is 1. The molecule has 1 aliphatic heterocycles. The SMILES string of the molecule is CCS(=O)(=O)N1CCc2cc(C(=O)COC(=O)c3cc4c(F)cccc4s3)ccc21. The van der Waals surface area contributed by atoms with Crippen LogP contribution in [0, 0.1) is 5.82 Å².